The van der Waals surface area contributed by atoms with Gasteiger partial charge >= 0.3 is 0 Å². The zero-order valence-corrected chi connectivity index (χ0v) is 13.1. The van der Waals surface area contributed by atoms with Gasteiger partial charge in [0, 0.05) is 6.04 Å². The molecule has 1 atom stereocenters. The summed E-state index contributed by atoms with van der Waals surface area (Å²) in [6.45, 7) is 5.83. The van der Waals surface area contributed by atoms with E-state index in [0.29, 0.717) is 0 Å². The van der Waals surface area contributed by atoms with Gasteiger partial charge in [0.25, 0.3) is 0 Å². The second kappa shape index (κ2) is 14.4. The van der Waals surface area contributed by atoms with Gasteiger partial charge in [-0.1, -0.05) is 45.4 Å². The monoisotopic (exact) mass is 259 g/mol. The molecule has 0 saturated carbocycles. The van der Waals surface area contributed by atoms with E-state index < -0.39 is 0 Å². The van der Waals surface area contributed by atoms with E-state index >= 15 is 0 Å². The molecule has 104 valence electrons. The van der Waals surface area contributed by atoms with Gasteiger partial charge in [-0.15, -0.1) is 0 Å². The maximum atomic E-state index is 3.65. The molecular formula is C15H33NS. The highest BCUT2D eigenvalue weighted by Crippen LogP contribution is 2.06. The highest BCUT2D eigenvalue weighted by molar-refractivity contribution is 7.98. The van der Waals surface area contributed by atoms with Crippen molar-refractivity contribution in [2.45, 2.75) is 77.7 Å². The average molecular weight is 260 g/mol. The van der Waals surface area contributed by atoms with Crippen LogP contribution in [0.1, 0.15) is 71.6 Å². The van der Waals surface area contributed by atoms with E-state index in [-0.39, 0.29) is 0 Å². The fourth-order valence-corrected chi connectivity index (χ4v) is 2.55. The van der Waals surface area contributed by atoms with Crippen LogP contribution in [0, 0.1) is 0 Å². The number of thioether (sulfide) groups is 1. The molecular weight excluding hydrogens is 226 g/mol. The van der Waals surface area contributed by atoms with E-state index in [9.17, 15) is 0 Å². The van der Waals surface area contributed by atoms with Gasteiger partial charge in [-0.05, 0) is 44.7 Å². The Bertz CT molecular complexity index is 139. The van der Waals surface area contributed by atoms with Gasteiger partial charge < -0.3 is 5.32 Å². The van der Waals surface area contributed by atoms with Crippen molar-refractivity contribution in [1.82, 2.24) is 5.32 Å². The van der Waals surface area contributed by atoms with Crippen molar-refractivity contribution in [3.8, 4) is 0 Å². The summed E-state index contributed by atoms with van der Waals surface area (Å²) in [4.78, 5) is 0. The van der Waals surface area contributed by atoms with Crippen LogP contribution in [0.15, 0.2) is 0 Å². The number of hydrogen-bond donors (Lipinski definition) is 1. The molecule has 2 heteroatoms. The van der Waals surface area contributed by atoms with E-state index in [1.807, 2.05) is 11.8 Å². The molecule has 1 nitrogen and oxygen atoms in total. The molecule has 0 aliphatic rings. The summed E-state index contributed by atoms with van der Waals surface area (Å²) in [5.74, 6) is 1.33. The first kappa shape index (κ1) is 17.3. The van der Waals surface area contributed by atoms with E-state index in [1.54, 1.807) is 0 Å². The molecule has 0 saturated heterocycles. The molecule has 0 aromatic rings. The SMILES string of the molecule is CCCCCCC(C)NCCCCCCSC. The topological polar surface area (TPSA) is 12.0 Å². The lowest BCUT2D eigenvalue weighted by molar-refractivity contribution is 0.471. The Hall–Kier alpha value is 0.310. The normalized spacial score (nSPS) is 12.9. The standard InChI is InChI=1S/C15H33NS/c1-4-5-6-9-12-15(2)16-13-10-7-8-11-14-17-3/h15-16H,4-14H2,1-3H3. The molecule has 0 fully saturated rings. The van der Waals surface area contributed by atoms with E-state index in [4.69, 9.17) is 0 Å². The number of nitrogens with one attached hydrogen (secondary N) is 1. The summed E-state index contributed by atoms with van der Waals surface area (Å²) in [5.41, 5.74) is 0. The molecule has 0 aliphatic carbocycles. The first-order valence-corrected chi connectivity index (χ1v) is 8.93. The van der Waals surface area contributed by atoms with Crippen molar-refractivity contribution < 1.29 is 0 Å². The molecule has 0 amide bonds. The van der Waals surface area contributed by atoms with E-state index in [2.05, 4.69) is 25.4 Å². The number of unbranched alkanes of at least 4 members (excludes halogenated alkanes) is 6. The minimum atomic E-state index is 0.720. The summed E-state index contributed by atoms with van der Waals surface area (Å²) in [7, 11) is 0. The molecule has 0 heterocycles. The van der Waals surface area contributed by atoms with Crippen LogP contribution in [0.25, 0.3) is 0 Å². The van der Waals surface area contributed by atoms with Gasteiger partial charge in [0.05, 0.1) is 0 Å². The zero-order valence-electron chi connectivity index (χ0n) is 12.3. The zero-order chi connectivity index (χ0) is 12.8. The van der Waals surface area contributed by atoms with Crippen LogP contribution >= 0.6 is 11.8 Å². The second-order valence-corrected chi connectivity index (χ2v) is 6.10. The first-order chi connectivity index (χ1) is 8.31. The van der Waals surface area contributed by atoms with Crippen LogP contribution in [-0.2, 0) is 0 Å². The molecule has 17 heavy (non-hydrogen) atoms. The molecule has 0 rings (SSSR count). The Morgan fingerprint density at radius 2 is 1.65 bits per heavy atom. The van der Waals surface area contributed by atoms with Crippen LogP contribution in [0.4, 0.5) is 0 Å². The molecule has 0 aromatic heterocycles. The largest absolute Gasteiger partial charge is 0.314 e. The van der Waals surface area contributed by atoms with Crippen molar-refractivity contribution in [2.75, 3.05) is 18.6 Å². The van der Waals surface area contributed by atoms with E-state index in [1.165, 1.54) is 70.1 Å². The van der Waals surface area contributed by atoms with Crippen molar-refractivity contribution >= 4 is 11.8 Å². The van der Waals surface area contributed by atoms with Crippen molar-refractivity contribution in [2.24, 2.45) is 0 Å². The third-order valence-corrected chi connectivity index (χ3v) is 3.96. The molecule has 1 unspecified atom stereocenters. The van der Waals surface area contributed by atoms with Crippen LogP contribution < -0.4 is 5.32 Å². The quantitative estimate of drug-likeness (QED) is 0.474. The van der Waals surface area contributed by atoms with Gasteiger partial charge in [-0.3, -0.25) is 0 Å². The van der Waals surface area contributed by atoms with Crippen LogP contribution in [0.3, 0.4) is 0 Å². The molecule has 0 spiro atoms. The van der Waals surface area contributed by atoms with Gasteiger partial charge in [0.15, 0.2) is 0 Å². The summed E-state index contributed by atoms with van der Waals surface area (Å²) in [6, 6.07) is 0.720. The van der Waals surface area contributed by atoms with E-state index in [0.717, 1.165) is 6.04 Å². The Labute approximate surface area is 114 Å². The summed E-state index contributed by atoms with van der Waals surface area (Å²) < 4.78 is 0. The fourth-order valence-electron chi connectivity index (χ4n) is 2.05. The highest BCUT2D eigenvalue weighted by Gasteiger charge is 2.00. The molecule has 0 aliphatic heterocycles. The number of rotatable bonds is 13. The Kier molecular flexibility index (Phi) is 14.6. The van der Waals surface area contributed by atoms with Crippen LogP contribution in [-0.4, -0.2) is 24.6 Å². The maximum absolute atomic E-state index is 3.65. The lowest BCUT2D eigenvalue weighted by atomic mass is 10.1. The molecule has 0 aromatic carbocycles. The van der Waals surface area contributed by atoms with Gasteiger partial charge in [0.2, 0.25) is 0 Å². The minimum absolute atomic E-state index is 0.720. The highest BCUT2D eigenvalue weighted by atomic mass is 32.2. The second-order valence-electron chi connectivity index (χ2n) is 5.11. The summed E-state index contributed by atoms with van der Waals surface area (Å²) in [5, 5.41) is 3.65. The van der Waals surface area contributed by atoms with Gasteiger partial charge in [-0.25, -0.2) is 0 Å². The van der Waals surface area contributed by atoms with Gasteiger partial charge in [0.1, 0.15) is 0 Å². The van der Waals surface area contributed by atoms with Crippen LogP contribution in [0.5, 0.6) is 0 Å². The smallest absolute Gasteiger partial charge is 0.00387 e. The van der Waals surface area contributed by atoms with Gasteiger partial charge in [-0.2, -0.15) is 11.8 Å². The Morgan fingerprint density at radius 3 is 2.35 bits per heavy atom. The summed E-state index contributed by atoms with van der Waals surface area (Å²) in [6.07, 6.45) is 14.7. The third-order valence-electron chi connectivity index (χ3n) is 3.26. The lowest BCUT2D eigenvalue weighted by Gasteiger charge is -2.13. The van der Waals surface area contributed by atoms with Crippen molar-refractivity contribution in [1.29, 1.82) is 0 Å². The summed E-state index contributed by atoms with van der Waals surface area (Å²) >= 11 is 1.97. The van der Waals surface area contributed by atoms with Crippen LogP contribution in [0.2, 0.25) is 0 Å². The van der Waals surface area contributed by atoms with Crippen molar-refractivity contribution in [3.63, 3.8) is 0 Å². The maximum Gasteiger partial charge on any atom is 0.00387 e. The Balaban J connectivity index is 3.08. The Morgan fingerprint density at radius 1 is 0.941 bits per heavy atom. The predicted molar refractivity (Wildman–Crippen MR) is 83.1 cm³/mol. The predicted octanol–water partition coefficient (Wildman–Crippen LogP) is 4.86. The van der Waals surface area contributed by atoms with Crippen molar-refractivity contribution in [3.05, 3.63) is 0 Å². The fraction of sp³-hybridized carbons (Fsp3) is 1.00. The first-order valence-electron chi connectivity index (χ1n) is 7.53. The average Bonchev–Trinajstić information content (AvgIpc) is 2.33. The molecule has 0 bridgehead atoms. The number of hydrogen-bond acceptors (Lipinski definition) is 2. The third kappa shape index (κ3) is 14.2. The molecule has 1 N–H and O–H groups in total. The molecule has 0 radical (unpaired) electrons. The minimum Gasteiger partial charge on any atom is -0.314 e. The lowest BCUT2D eigenvalue weighted by Crippen LogP contribution is -2.26.